The van der Waals surface area contributed by atoms with E-state index in [1.807, 2.05) is 0 Å². The Morgan fingerprint density at radius 3 is 2.21 bits per heavy atom. The Hall–Kier alpha value is -0.672. The van der Waals surface area contributed by atoms with E-state index in [-0.39, 0.29) is 4.90 Å². The number of rotatable bonds is 3. The second-order valence-electron chi connectivity index (χ2n) is 3.73. The predicted molar refractivity (Wildman–Crippen MR) is 79.1 cm³/mol. The van der Waals surface area contributed by atoms with E-state index in [9.17, 15) is 8.42 Å². The topological polar surface area (TPSA) is 46.2 Å². The van der Waals surface area contributed by atoms with Crippen LogP contribution in [0.15, 0.2) is 47.4 Å². The Balaban J connectivity index is 2.32. The van der Waals surface area contributed by atoms with Crippen molar-refractivity contribution in [2.75, 3.05) is 4.72 Å². The van der Waals surface area contributed by atoms with Crippen LogP contribution in [0, 0.1) is 0 Å². The van der Waals surface area contributed by atoms with Crippen molar-refractivity contribution in [3.63, 3.8) is 0 Å². The van der Waals surface area contributed by atoms with Gasteiger partial charge in [0.1, 0.15) is 0 Å². The molecular weight excluding hydrogens is 368 g/mol. The Labute approximate surface area is 130 Å². The van der Waals surface area contributed by atoms with E-state index >= 15 is 0 Å². The summed E-state index contributed by atoms with van der Waals surface area (Å²) in [4.78, 5) is 0.113. The summed E-state index contributed by atoms with van der Waals surface area (Å²) in [6.07, 6.45) is 0. The molecule has 0 amide bonds. The van der Waals surface area contributed by atoms with Crippen LogP contribution >= 0.6 is 23.2 Å². The third kappa shape index (κ3) is 3.67. The van der Waals surface area contributed by atoms with E-state index in [2.05, 4.69) is 21.6 Å². The van der Waals surface area contributed by atoms with Gasteiger partial charge in [-0.05, 0) is 0 Å². The number of hydrogen-bond donors (Lipinski definition) is 1. The maximum absolute atomic E-state index is 12.1. The maximum atomic E-state index is 12.1. The summed E-state index contributed by atoms with van der Waals surface area (Å²) >= 11 is 13.9. The van der Waals surface area contributed by atoms with Gasteiger partial charge in [-0.2, -0.15) is 0 Å². The van der Waals surface area contributed by atoms with Gasteiger partial charge in [-0.15, -0.1) is 0 Å². The van der Waals surface area contributed by atoms with Crippen molar-refractivity contribution in [1.82, 2.24) is 0 Å². The molecule has 0 aliphatic rings. The van der Waals surface area contributed by atoms with Crippen LogP contribution in [-0.4, -0.2) is 25.3 Å². The normalized spacial score (nSPS) is 11.3. The van der Waals surface area contributed by atoms with Crippen LogP contribution in [0.4, 0.5) is 5.69 Å². The molecule has 0 unspecified atom stereocenters. The fourth-order valence-corrected chi connectivity index (χ4v) is 3.13. The van der Waals surface area contributed by atoms with Crippen molar-refractivity contribution in [3.05, 3.63) is 52.5 Å². The van der Waals surface area contributed by atoms with Crippen molar-refractivity contribution >= 4 is 60.1 Å². The summed E-state index contributed by atoms with van der Waals surface area (Å²) in [7, 11) is -3.65. The third-order valence-electron chi connectivity index (χ3n) is 2.33. The Bertz CT molecular complexity index is 702. The van der Waals surface area contributed by atoms with Gasteiger partial charge in [-0.3, -0.25) is 0 Å². The molecule has 3 nitrogen and oxygen atoms in total. The van der Waals surface area contributed by atoms with Gasteiger partial charge in [0.25, 0.3) is 0 Å². The molecule has 0 spiro atoms. The van der Waals surface area contributed by atoms with E-state index in [0.717, 1.165) is 4.35 Å². The first-order valence-corrected chi connectivity index (χ1v) is 8.33. The fourth-order valence-electron chi connectivity index (χ4n) is 1.39. The van der Waals surface area contributed by atoms with Crippen molar-refractivity contribution in [3.8, 4) is 0 Å². The predicted octanol–water partition coefficient (Wildman–Crippen LogP) is 2.59. The molecule has 0 bridgehead atoms. The van der Waals surface area contributed by atoms with E-state index < -0.39 is 10.0 Å². The summed E-state index contributed by atoms with van der Waals surface area (Å²) in [5.41, 5.74) is 0.442. The number of halogens is 2. The minimum absolute atomic E-state index is 0.113. The summed E-state index contributed by atoms with van der Waals surface area (Å²) in [6, 6.07) is 10.9. The number of hydrogen-bond acceptors (Lipinski definition) is 2. The van der Waals surface area contributed by atoms with Crippen molar-refractivity contribution < 1.29 is 8.42 Å². The Morgan fingerprint density at radius 2 is 1.63 bits per heavy atom. The number of sulfonamides is 1. The van der Waals surface area contributed by atoms with Gasteiger partial charge in [0.2, 0.25) is 0 Å². The van der Waals surface area contributed by atoms with E-state index in [0.29, 0.717) is 15.7 Å². The molecule has 0 saturated heterocycles. The summed E-state index contributed by atoms with van der Waals surface area (Å²) in [5, 5.41) is 0.929. The molecule has 0 atom stereocenters. The second-order valence-corrected chi connectivity index (χ2v) is 7.26. The van der Waals surface area contributed by atoms with Crippen LogP contribution < -0.4 is 9.07 Å². The molecular formula is C12H8AsCl2NO2S. The first-order valence-electron chi connectivity index (χ1n) is 5.15. The second kappa shape index (κ2) is 5.76. The van der Waals surface area contributed by atoms with Gasteiger partial charge in [-0.1, -0.05) is 0 Å². The van der Waals surface area contributed by atoms with E-state index in [1.165, 1.54) is 12.1 Å². The number of nitrogens with one attached hydrogen (secondary N) is 1. The zero-order valence-corrected chi connectivity index (χ0v) is 13.7. The van der Waals surface area contributed by atoms with Crippen LogP contribution in [-0.2, 0) is 10.0 Å². The standard InChI is InChI=1S/C12H8AsCl2NO2S/c13-11-6-5-10(7-12(11)15)19(17,18)16-9-3-1-8(14)2-4-9/h1-7,16H. The van der Waals surface area contributed by atoms with Crippen molar-refractivity contribution in [1.29, 1.82) is 0 Å². The van der Waals surface area contributed by atoms with Gasteiger partial charge < -0.3 is 0 Å². The molecule has 7 heteroatoms. The molecule has 2 aromatic rings. The Morgan fingerprint density at radius 1 is 1.00 bits per heavy atom. The van der Waals surface area contributed by atoms with E-state index in [1.54, 1.807) is 30.3 Å². The van der Waals surface area contributed by atoms with Crippen LogP contribution in [0.2, 0.25) is 10.0 Å². The summed E-state index contributed by atoms with van der Waals surface area (Å²) < 4.78 is 27.5. The fraction of sp³-hybridized carbons (Fsp3) is 0. The van der Waals surface area contributed by atoms with Gasteiger partial charge in [0.05, 0.1) is 0 Å². The first kappa shape index (κ1) is 14.7. The van der Waals surface area contributed by atoms with Crippen molar-refractivity contribution in [2.45, 2.75) is 4.90 Å². The van der Waals surface area contributed by atoms with Crippen LogP contribution in [0.25, 0.3) is 0 Å². The Kier molecular flexibility index (Phi) is 4.46. The molecule has 0 aliphatic carbocycles. The molecule has 0 fully saturated rings. The van der Waals surface area contributed by atoms with Crippen LogP contribution in [0.5, 0.6) is 0 Å². The average Bonchev–Trinajstić information content (AvgIpc) is 2.35. The molecule has 2 aromatic carbocycles. The SMILES string of the molecule is O=S(=O)(Nc1ccc(Cl)cc1)c1ccc([As])c(Cl)c1. The molecule has 98 valence electrons. The monoisotopic (exact) mass is 375 g/mol. The van der Waals surface area contributed by atoms with Gasteiger partial charge >= 0.3 is 131 Å². The van der Waals surface area contributed by atoms with Crippen LogP contribution in [0.1, 0.15) is 0 Å². The molecule has 2 radical (unpaired) electrons. The molecule has 0 aliphatic heterocycles. The third-order valence-corrected chi connectivity index (χ3v) is 5.38. The number of anilines is 1. The van der Waals surface area contributed by atoms with E-state index in [4.69, 9.17) is 23.2 Å². The average molecular weight is 376 g/mol. The molecule has 0 aromatic heterocycles. The quantitative estimate of drug-likeness (QED) is 0.838. The molecule has 19 heavy (non-hydrogen) atoms. The minimum atomic E-state index is -3.65. The number of benzene rings is 2. The molecule has 2 rings (SSSR count). The zero-order valence-electron chi connectivity index (χ0n) is 9.47. The molecule has 1 N–H and O–H groups in total. The van der Waals surface area contributed by atoms with Gasteiger partial charge in [0.15, 0.2) is 0 Å². The van der Waals surface area contributed by atoms with Crippen molar-refractivity contribution in [2.24, 2.45) is 0 Å². The summed E-state index contributed by atoms with van der Waals surface area (Å²) in [5.74, 6) is 0. The van der Waals surface area contributed by atoms with Gasteiger partial charge in [0, 0.05) is 0 Å². The first-order chi connectivity index (χ1) is 8.88. The van der Waals surface area contributed by atoms with Gasteiger partial charge in [-0.25, -0.2) is 0 Å². The molecule has 0 heterocycles. The zero-order chi connectivity index (χ0) is 14.0. The summed E-state index contributed by atoms with van der Waals surface area (Å²) in [6.45, 7) is 0. The molecule has 0 saturated carbocycles. The van der Waals surface area contributed by atoms with Crippen LogP contribution in [0.3, 0.4) is 0 Å².